The van der Waals surface area contributed by atoms with Crippen LogP contribution in [0.4, 0.5) is 22.7 Å². The molecule has 0 heterocycles. The molecule has 0 radical (unpaired) electrons. The molecule has 0 saturated heterocycles. The van der Waals surface area contributed by atoms with Gasteiger partial charge in [0.05, 0.1) is 48.0 Å². The second-order valence-corrected chi connectivity index (χ2v) is 7.85. The van der Waals surface area contributed by atoms with E-state index in [0.29, 0.717) is 12.1 Å². The Labute approximate surface area is 189 Å². The molecular formula is C18H10N4O11S. The summed E-state index contributed by atoms with van der Waals surface area (Å²) in [6, 6.07) is 8.25. The standard InChI is InChI=1S/C18H10N4O11S/c23-17(9-34(32)16-6-5-10(19(24)25)7-14(16)21(28)29)33-18-12-4-2-1-3-11(12)13(20(26)27)8-15(18)22(30)31/h1-8H,9H2. The van der Waals surface area contributed by atoms with E-state index in [0.717, 1.165) is 12.1 Å². The number of esters is 1. The van der Waals surface area contributed by atoms with Crippen molar-refractivity contribution < 1.29 is 33.4 Å². The number of hydrogen-bond acceptors (Lipinski definition) is 11. The summed E-state index contributed by atoms with van der Waals surface area (Å²) in [6.07, 6.45) is 0. The Morgan fingerprint density at radius 3 is 1.91 bits per heavy atom. The van der Waals surface area contributed by atoms with E-state index in [4.69, 9.17) is 4.74 Å². The minimum Gasteiger partial charge on any atom is -0.418 e. The normalized spacial score (nSPS) is 11.5. The number of nitrogens with zero attached hydrogens (tertiary/aromatic N) is 4. The first-order chi connectivity index (χ1) is 16.0. The number of nitro benzene ring substituents is 4. The number of benzene rings is 3. The third-order valence-corrected chi connectivity index (χ3v) is 5.74. The average Bonchev–Trinajstić information content (AvgIpc) is 2.78. The van der Waals surface area contributed by atoms with Crippen LogP contribution < -0.4 is 4.74 Å². The van der Waals surface area contributed by atoms with Crippen molar-refractivity contribution in [2.45, 2.75) is 4.90 Å². The van der Waals surface area contributed by atoms with E-state index >= 15 is 0 Å². The molecule has 0 saturated carbocycles. The van der Waals surface area contributed by atoms with Crippen LogP contribution in [0.25, 0.3) is 10.8 Å². The summed E-state index contributed by atoms with van der Waals surface area (Å²) in [5.41, 5.74) is -3.01. The molecule has 0 amide bonds. The molecule has 1 unspecified atom stereocenters. The summed E-state index contributed by atoms with van der Waals surface area (Å²) >= 11 is 0. The number of ether oxygens (including phenoxy) is 1. The molecule has 34 heavy (non-hydrogen) atoms. The van der Waals surface area contributed by atoms with E-state index in [-0.39, 0.29) is 10.8 Å². The van der Waals surface area contributed by atoms with Crippen LogP contribution in [-0.2, 0) is 15.6 Å². The highest BCUT2D eigenvalue weighted by atomic mass is 32.2. The molecule has 3 aromatic carbocycles. The molecule has 0 aliphatic rings. The summed E-state index contributed by atoms with van der Waals surface area (Å²) < 4.78 is 17.6. The maximum atomic E-state index is 12.6. The summed E-state index contributed by atoms with van der Waals surface area (Å²) in [5, 5.41) is 44.7. The molecule has 0 aromatic heterocycles. The Morgan fingerprint density at radius 2 is 1.35 bits per heavy atom. The fourth-order valence-electron chi connectivity index (χ4n) is 2.99. The zero-order valence-electron chi connectivity index (χ0n) is 16.5. The Hall–Kier alpha value is -4.86. The van der Waals surface area contributed by atoms with E-state index in [1.807, 2.05) is 0 Å². The van der Waals surface area contributed by atoms with E-state index in [2.05, 4.69) is 0 Å². The number of fused-ring (bicyclic) bond motifs is 1. The molecule has 16 heteroatoms. The van der Waals surface area contributed by atoms with E-state index in [1.54, 1.807) is 0 Å². The molecule has 0 spiro atoms. The van der Waals surface area contributed by atoms with Crippen LogP contribution in [0.1, 0.15) is 0 Å². The number of nitro groups is 4. The molecule has 0 aliphatic carbocycles. The first-order valence-corrected chi connectivity index (χ1v) is 10.2. The van der Waals surface area contributed by atoms with Gasteiger partial charge in [-0.25, -0.2) is 0 Å². The number of carbonyl (C=O) groups is 1. The molecule has 3 rings (SSSR count). The smallest absolute Gasteiger partial charge is 0.324 e. The van der Waals surface area contributed by atoms with Gasteiger partial charge in [0.1, 0.15) is 10.6 Å². The van der Waals surface area contributed by atoms with Crippen molar-refractivity contribution >= 4 is 50.3 Å². The lowest BCUT2D eigenvalue weighted by atomic mass is 10.1. The Kier molecular flexibility index (Phi) is 6.53. The maximum Gasteiger partial charge on any atom is 0.324 e. The summed E-state index contributed by atoms with van der Waals surface area (Å²) in [4.78, 5) is 53.0. The number of non-ortho nitro benzene ring substituents is 2. The summed E-state index contributed by atoms with van der Waals surface area (Å²) in [6.45, 7) is 0. The lowest BCUT2D eigenvalue weighted by Crippen LogP contribution is -2.18. The topological polar surface area (TPSA) is 216 Å². The lowest BCUT2D eigenvalue weighted by molar-refractivity contribution is -0.396. The molecule has 0 fully saturated rings. The van der Waals surface area contributed by atoms with Crippen LogP contribution in [0.3, 0.4) is 0 Å². The van der Waals surface area contributed by atoms with Gasteiger partial charge in [-0.15, -0.1) is 0 Å². The highest BCUT2D eigenvalue weighted by Gasteiger charge is 2.30. The minimum atomic E-state index is -2.42. The van der Waals surface area contributed by atoms with E-state index < -0.39 is 75.6 Å². The highest BCUT2D eigenvalue weighted by Crippen LogP contribution is 2.41. The van der Waals surface area contributed by atoms with Gasteiger partial charge >= 0.3 is 11.7 Å². The molecular weight excluding hydrogens is 480 g/mol. The van der Waals surface area contributed by atoms with Crippen LogP contribution in [0.5, 0.6) is 5.75 Å². The molecule has 174 valence electrons. The fourth-order valence-corrected chi connectivity index (χ4v) is 4.01. The van der Waals surface area contributed by atoms with Crippen molar-refractivity contribution in [1.82, 2.24) is 0 Å². The first kappa shape index (κ1) is 23.8. The van der Waals surface area contributed by atoms with Crippen LogP contribution in [0.15, 0.2) is 53.4 Å². The Morgan fingerprint density at radius 1 is 0.765 bits per heavy atom. The van der Waals surface area contributed by atoms with Crippen LogP contribution >= 0.6 is 0 Å². The Balaban J connectivity index is 1.99. The Bertz CT molecular complexity index is 1420. The molecule has 0 N–H and O–H groups in total. The molecule has 15 nitrogen and oxygen atoms in total. The molecule has 0 aliphatic heterocycles. The van der Waals surface area contributed by atoms with Crippen LogP contribution in [-0.4, -0.2) is 35.6 Å². The fraction of sp³-hybridized carbons (Fsp3) is 0.0556. The minimum absolute atomic E-state index is 0.0620. The van der Waals surface area contributed by atoms with Crippen molar-refractivity contribution in [1.29, 1.82) is 0 Å². The zero-order valence-corrected chi connectivity index (χ0v) is 17.3. The van der Waals surface area contributed by atoms with E-state index in [9.17, 15) is 49.5 Å². The predicted molar refractivity (Wildman–Crippen MR) is 114 cm³/mol. The van der Waals surface area contributed by atoms with Gasteiger partial charge in [0, 0.05) is 11.5 Å². The number of rotatable bonds is 8. The van der Waals surface area contributed by atoms with Crippen molar-refractivity contribution in [3.8, 4) is 5.75 Å². The predicted octanol–water partition coefficient (Wildman–Crippen LogP) is 3.19. The van der Waals surface area contributed by atoms with Crippen LogP contribution in [0.2, 0.25) is 0 Å². The maximum absolute atomic E-state index is 12.6. The largest absolute Gasteiger partial charge is 0.418 e. The van der Waals surface area contributed by atoms with Gasteiger partial charge in [0.25, 0.3) is 17.1 Å². The van der Waals surface area contributed by atoms with E-state index in [1.165, 1.54) is 24.3 Å². The van der Waals surface area contributed by atoms with Crippen molar-refractivity contribution in [3.63, 3.8) is 0 Å². The van der Waals surface area contributed by atoms with Gasteiger partial charge in [0.15, 0.2) is 0 Å². The molecule has 0 bridgehead atoms. The number of carbonyl (C=O) groups excluding carboxylic acids is 1. The van der Waals surface area contributed by atoms with Gasteiger partial charge in [-0.2, -0.15) is 0 Å². The second-order valence-electron chi connectivity index (χ2n) is 6.43. The second kappa shape index (κ2) is 9.33. The SMILES string of the molecule is O=C(CS(=O)c1ccc([N+](=O)[O-])cc1[N+](=O)[O-])Oc1c([N+](=O)[O-])cc([N+](=O)[O-])c2ccccc12. The van der Waals surface area contributed by atoms with Crippen LogP contribution in [0, 0.1) is 40.5 Å². The zero-order chi connectivity index (χ0) is 25.2. The van der Waals surface area contributed by atoms with Gasteiger partial charge in [-0.3, -0.25) is 49.5 Å². The third kappa shape index (κ3) is 4.65. The highest BCUT2D eigenvalue weighted by molar-refractivity contribution is 7.86. The van der Waals surface area contributed by atoms with Gasteiger partial charge in [-0.1, -0.05) is 18.2 Å². The average molecular weight is 490 g/mol. The van der Waals surface area contributed by atoms with Gasteiger partial charge in [-0.05, 0) is 12.1 Å². The lowest BCUT2D eigenvalue weighted by Gasteiger charge is -2.09. The van der Waals surface area contributed by atoms with Crippen molar-refractivity contribution in [3.05, 3.63) is 89.0 Å². The quantitative estimate of drug-likeness (QED) is 0.193. The third-order valence-electron chi connectivity index (χ3n) is 4.41. The first-order valence-electron chi connectivity index (χ1n) is 8.87. The monoisotopic (exact) mass is 490 g/mol. The summed E-state index contributed by atoms with van der Waals surface area (Å²) in [5.74, 6) is -2.93. The molecule has 1 atom stereocenters. The molecule has 3 aromatic rings. The van der Waals surface area contributed by atoms with Gasteiger partial charge < -0.3 is 4.74 Å². The summed E-state index contributed by atoms with van der Waals surface area (Å²) in [7, 11) is -2.42. The van der Waals surface area contributed by atoms with Gasteiger partial charge in [0.2, 0.25) is 5.75 Å². The number of hydrogen-bond donors (Lipinski definition) is 0. The van der Waals surface area contributed by atoms with Crippen molar-refractivity contribution in [2.75, 3.05) is 5.75 Å². The van der Waals surface area contributed by atoms with Crippen molar-refractivity contribution in [2.24, 2.45) is 0 Å².